The molecule has 16 heavy (non-hydrogen) atoms. The number of amides is 1. The van der Waals surface area contributed by atoms with Crippen LogP contribution < -0.4 is 11.1 Å². The van der Waals surface area contributed by atoms with Crippen LogP contribution in [-0.2, 0) is 4.79 Å². The molecule has 0 bridgehead atoms. The average Bonchev–Trinajstić information content (AvgIpc) is 2.28. The number of hydrogen-bond donors (Lipinski definition) is 2. The molecule has 0 fully saturated rings. The van der Waals surface area contributed by atoms with Crippen LogP contribution in [0.5, 0.6) is 0 Å². The van der Waals surface area contributed by atoms with Crippen LogP contribution in [0.4, 0.5) is 8.78 Å². The molecule has 0 saturated heterocycles. The normalized spacial score (nSPS) is 12.2. The quantitative estimate of drug-likeness (QED) is 0.812. The highest BCUT2D eigenvalue weighted by Gasteiger charge is 2.16. The highest BCUT2D eigenvalue weighted by Crippen LogP contribution is 2.17. The number of rotatable bonds is 4. The molecule has 1 aromatic carbocycles. The summed E-state index contributed by atoms with van der Waals surface area (Å²) in [5, 5.41) is 2.58. The van der Waals surface area contributed by atoms with Gasteiger partial charge in [0.15, 0.2) is 11.6 Å². The second kappa shape index (κ2) is 5.55. The molecular formula is C11H14F2N2O. The Morgan fingerprint density at radius 3 is 2.69 bits per heavy atom. The predicted octanol–water partition coefficient (Wildman–Crippen LogP) is 1.14. The lowest BCUT2D eigenvalue weighted by molar-refractivity contribution is -0.122. The van der Waals surface area contributed by atoms with Crippen molar-refractivity contribution in [3.05, 3.63) is 35.4 Å². The summed E-state index contributed by atoms with van der Waals surface area (Å²) in [4.78, 5) is 11.5. The molecule has 88 valence electrons. The molecule has 0 spiro atoms. The fourth-order valence-corrected chi connectivity index (χ4v) is 1.28. The van der Waals surface area contributed by atoms with Gasteiger partial charge in [-0.05, 0) is 24.6 Å². The zero-order valence-electron chi connectivity index (χ0n) is 8.97. The molecule has 0 saturated carbocycles. The van der Waals surface area contributed by atoms with E-state index in [9.17, 15) is 13.6 Å². The number of carbonyl (C=O) groups is 1. The van der Waals surface area contributed by atoms with E-state index in [0.29, 0.717) is 18.7 Å². The monoisotopic (exact) mass is 228 g/mol. The summed E-state index contributed by atoms with van der Waals surface area (Å²) in [7, 11) is 0. The fraction of sp³-hybridized carbons (Fsp3) is 0.364. The van der Waals surface area contributed by atoms with Crippen molar-refractivity contribution in [1.29, 1.82) is 0 Å². The van der Waals surface area contributed by atoms with Crippen molar-refractivity contribution in [2.45, 2.75) is 12.8 Å². The topological polar surface area (TPSA) is 55.1 Å². The SMILES string of the molecule is CC(C(=O)NCCN)c1ccc(F)c(F)c1. The summed E-state index contributed by atoms with van der Waals surface area (Å²) in [5.74, 6) is -2.65. The number of nitrogens with one attached hydrogen (secondary N) is 1. The summed E-state index contributed by atoms with van der Waals surface area (Å²) < 4.78 is 25.6. The summed E-state index contributed by atoms with van der Waals surface area (Å²) in [5.41, 5.74) is 5.67. The van der Waals surface area contributed by atoms with Gasteiger partial charge in [0.05, 0.1) is 5.92 Å². The summed E-state index contributed by atoms with van der Waals surface area (Å²) in [6.07, 6.45) is 0. The Morgan fingerprint density at radius 2 is 2.12 bits per heavy atom. The van der Waals surface area contributed by atoms with E-state index in [-0.39, 0.29) is 5.91 Å². The van der Waals surface area contributed by atoms with E-state index in [4.69, 9.17) is 5.73 Å². The Balaban J connectivity index is 2.75. The lowest BCUT2D eigenvalue weighted by Gasteiger charge is -2.12. The van der Waals surface area contributed by atoms with Gasteiger partial charge in [-0.25, -0.2) is 8.78 Å². The molecule has 0 heterocycles. The number of carbonyl (C=O) groups excluding carboxylic acids is 1. The van der Waals surface area contributed by atoms with E-state index < -0.39 is 17.6 Å². The van der Waals surface area contributed by atoms with Crippen LogP contribution >= 0.6 is 0 Å². The van der Waals surface area contributed by atoms with Crippen molar-refractivity contribution < 1.29 is 13.6 Å². The van der Waals surface area contributed by atoms with E-state index in [1.54, 1.807) is 6.92 Å². The van der Waals surface area contributed by atoms with Gasteiger partial charge >= 0.3 is 0 Å². The highest BCUT2D eigenvalue weighted by molar-refractivity contribution is 5.83. The minimum atomic E-state index is -0.948. The van der Waals surface area contributed by atoms with Gasteiger partial charge in [0.1, 0.15) is 0 Å². The van der Waals surface area contributed by atoms with E-state index in [1.807, 2.05) is 0 Å². The molecule has 1 atom stereocenters. The van der Waals surface area contributed by atoms with Crippen molar-refractivity contribution in [2.75, 3.05) is 13.1 Å². The van der Waals surface area contributed by atoms with Gasteiger partial charge in [0.25, 0.3) is 0 Å². The van der Waals surface area contributed by atoms with Crippen molar-refractivity contribution in [3.8, 4) is 0 Å². The molecule has 3 nitrogen and oxygen atoms in total. The minimum absolute atomic E-state index is 0.253. The fourth-order valence-electron chi connectivity index (χ4n) is 1.28. The molecular weight excluding hydrogens is 214 g/mol. The zero-order valence-corrected chi connectivity index (χ0v) is 8.97. The van der Waals surface area contributed by atoms with Crippen LogP contribution in [-0.4, -0.2) is 19.0 Å². The Hall–Kier alpha value is -1.49. The van der Waals surface area contributed by atoms with Gasteiger partial charge in [-0.3, -0.25) is 4.79 Å². The summed E-state index contributed by atoms with van der Waals surface area (Å²) in [6.45, 7) is 2.33. The van der Waals surface area contributed by atoms with Crippen LogP contribution in [0.25, 0.3) is 0 Å². The van der Waals surface area contributed by atoms with Crippen LogP contribution in [0.15, 0.2) is 18.2 Å². The first-order chi connectivity index (χ1) is 7.56. The third kappa shape index (κ3) is 3.00. The van der Waals surface area contributed by atoms with Gasteiger partial charge in [-0.1, -0.05) is 6.07 Å². The van der Waals surface area contributed by atoms with Crippen molar-refractivity contribution in [1.82, 2.24) is 5.32 Å². The second-order valence-corrected chi connectivity index (χ2v) is 3.47. The Kier molecular flexibility index (Phi) is 4.37. The van der Waals surface area contributed by atoms with E-state index in [2.05, 4.69) is 5.32 Å². The van der Waals surface area contributed by atoms with Crippen LogP contribution in [0, 0.1) is 11.6 Å². The Bertz CT molecular complexity index is 382. The third-order valence-electron chi connectivity index (χ3n) is 2.28. The second-order valence-electron chi connectivity index (χ2n) is 3.47. The van der Waals surface area contributed by atoms with Crippen LogP contribution in [0.3, 0.4) is 0 Å². The molecule has 5 heteroatoms. The molecule has 0 radical (unpaired) electrons. The number of nitrogens with two attached hydrogens (primary N) is 1. The average molecular weight is 228 g/mol. The minimum Gasteiger partial charge on any atom is -0.354 e. The number of halogens is 2. The molecule has 1 amide bonds. The summed E-state index contributed by atoms with van der Waals surface area (Å²) >= 11 is 0. The van der Waals surface area contributed by atoms with Crippen LogP contribution in [0.1, 0.15) is 18.4 Å². The zero-order chi connectivity index (χ0) is 12.1. The lowest BCUT2D eigenvalue weighted by Crippen LogP contribution is -2.32. The standard InChI is InChI=1S/C11H14F2N2O/c1-7(11(16)15-5-4-14)8-2-3-9(12)10(13)6-8/h2-3,6-7H,4-5,14H2,1H3,(H,15,16). The maximum Gasteiger partial charge on any atom is 0.227 e. The van der Waals surface area contributed by atoms with Crippen molar-refractivity contribution in [2.24, 2.45) is 5.73 Å². The maximum absolute atomic E-state index is 12.9. The number of benzene rings is 1. The number of hydrogen-bond acceptors (Lipinski definition) is 2. The Labute approximate surface area is 92.6 Å². The first-order valence-corrected chi connectivity index (χ1v) is 4.99. The first-order valence-electron chi connectivity index (χ1n) is 4.99. The molecule has 3 N–H and O–H groups in total. The first kappa shape index (κ1) is 12.6. The molecule has 0 aromatic heterocycles. The van der Waals surface area contributed by atoms with Gasteiger partial charge in [0, 0.05) is 13.1 Å². The molecule has 1 aromatic rings. The largest absolute Gasteiger partial charge is 0.354 e. The van der Waals surface area contributed by atoms with E-state index in [1.165, 1.54) is 6.07 Å². The van der Waals surface area contributed by atoms with Crippen molar-refractivity contribution >= 4 is 5.91 Å². The predicted molar refractivity (Wildman–Crippen MR) is 56.8 cm³/mol. The van der Waals surface area contributed by atoms with Gasteiger partial charge in [0.2, 0.25) is 5.91 Å². The molecule has 0 aliphatic heterocycles. The smallest absolute Gasteiger partial charge is 0.227 e. The Morgan fingerprint density at radius 1 is 1.44 bits per heavy atom. The van der Waals surface area contributed by atoms with Crippen LogP contribution in [0.2, 0.25) is 0 Å². The van der Waals surface area contributed by atoms with Crippen molar-refractivity contribution in [3.63, 3.8) is 0 Å². The molecule has 1 rings (SSSR count). The molecule has 0 aliphatic rings. The van der Waals surface area contributed by atoms with Gasteiger partial charge in [-0.2, -0.15) is 0 Å². The summed E-state index contributed by atoms with van der Waals surface area (Å²) in [6, 6.07) is 3.44. The van der Waals surface area contributed by atoms with Gasteiger partial charge in [-0.15, -0.1) is 0 Å². The van der Waals surface area contributed by atoms with E-state index >= 15 is 0 Å². The third-order valence-corrected chi connectivity index (χ3v) is 2.28. The van der Waals surface area contributed by atoms with E-state index in [0.717, 1.165) is 12.1 Å². The maximum atomic E-state index is 12.9. The lowest BCUT2D eigenvalue weighted by atomic mass is 10.0. The van der Waals surface area contributed by atoms with Gasteiger partial charge < -0.3 is 11.1 Å². The molecule has 0 aliphatic carbocycles. The molecule has 1 unspecified atom stereocenters. The highest BCUT2D eigenvalue weighted by atomic mass is 19.2.